The van der Waals surface area contributed by atoms with Crippen molar-refractivity contribution in [2.75, 3.05) is 65.8 Å². The van der Waals surface area contributed by atoms with Gasteiger partial charge in [-0.3, -0.25) is 0 Å². The molecule has 5 nitrogen and oxygen atoms in total. The van der Waals surface area contributed by atoms with E-state index in [2.05, 4.69) is 10.6 Å². The zero-order chi connectivity index (χ0) is 12.0. The first-order chi connectivity index (χ1) is 8.50. The van der Waals surface area contributed by atoms with E-state index in [0.717, 1.165) is 65.4 Å². The van der Waals surface area contributed by atoms with E-state index < -0.39 is 0 Å². The second kappa shape index (κ2) is 12.3. The summed E-state index contributed by atoms with van der Waals surface area (Å²) in [5.41, 5.74) is 0. The molecule has 5 heteroatoms. The molecule has 0 saturated carbocycles. The molecule has 1 fully saturated rings. The van der Waals surface area contributed by atoms with Gasteiger partial charge in [0.15, 0.2) is 0 Å². The van der Waals surface area contributed by atoms with Crippen molar-refractivity contribution in [1.82, 2.24) is 10.6 Å². The van der Waals surface area contributed by atoms with Gasteiger partial charge in [0.05, 0.1) is 26.4 Å². The zero-order valence-corrected chi connectivity index (χ0v) is 10.7. The molecule has 102 valence electrons. The smallest absolute Gasteiger partial charge is 0.0701 e. The van der Waals surface area contributed by atoms with Crippen LogP contribution in [0.1, 0.15) is 12.8 Å². The monoisotopic (exact) mass is 246 g/mol. The molecular formula is C12H26N2O3. The molecule has 1 aliphatic heterocycles. The van der Waals surface area contributed by atoms with Gasteiger partial charge in [0, 0.05) is 26.3 Å². The first-order valence-corrected chi connectivity index (χ1v) is 6.65. The molecule has 0 amide bonds. The number of hydrogen-bond donors (Lipinski definition) is 2. The number of rotatable bonds is 0. The molecule has 0 aromatic carbocycles. The SMILES string of the molecule is C1CNCCCOCCOCCNCCOC1. The Bertz CT molecular complexity index is 89.2. The summed E-state index contributed by atoms with van der Waals surface area (Å²) < 4.78 is 16.4. The van der Waals surface area contributed by atoms with Gasteiger partial charge in [0.2, 0.25) is 0 Å². The van der Waals surface area contributed by atoms with Crippen LogP contribution in [0.15, 0.2) is 0 Å². The van der Waals surface area contributed by atoms with E-state index in [1.54, 1.807) is 0 Å². The third-order valence-electron chi connectivity index (χ3n) is 2.50. The molecule has 0 aromatic heterocycles. The highest BCUT2D eigenvalue weighted by Gasteiger charge is 1.94. The van der Waals surface area contributed by atoms with Gasteiger partial charge in [-0.2, -0.15) is 0 Å². The summed E-state index contributed by atoms with van der Waals surface area (Å²) in [5.74, 6) is 0. The van der Waals surface area contributed by atoms with Crippen LogP contribution in [-0.2, 0) is 14.2 Å². The molecule has 0 spiro atoms. The topological polar surface area (TPSA) is 51.8 Å². The highest BCUT2D eigenvalue weighted by molar-refractivity contribution is 4.50. The van der Waals surface area contributed by atoms with Gasteiger partial charge in [0.25, 0.3) is 0 Å². The van der Waals surface area contributed by atoms with Gasteiger partial charge in [-0.15, -0.1) is 0 Å². The third-order valence-corrected chi connectivity index (χ3v) is 2.50. The fraction of sp³-hybridized carbons (Fsp3) is 1.00. The first-order valence-electron chi connectivity index (χ1n) is 6.65. The quantitative estimate of drug-likeness (QED) is 0.630. The minimum absolute atomic E-state index is 0.686. The van der Waals surface area contributed by atoms with Gasteiger partial charge in [-0.1, -0.05) is 0 Å². The molecule has 0 aliphatic carbocycles. The standard InChI is InChI=1S/C12H26N2O3/c1-3-13-4-2-8-16-11-12-17-10-6-14-5-9-15-7-1/h13-14H,1-12H2. The Labute approximate surface area is 104 Å². The van der Waals surface area contributed by atoms with Crippen LogP contribution >= 0.6 is 0 Å². The third kappa shape index (κ3) is 10.7. The Morgan fingerprint density at radius 1 is 0.471 bits per heavy atom. The van der Waals surface area contributed by atoms with Crippen molar-refractivity contribution < 1.29 is 14.2 Å². The number of hydrogen-bond acceptors (Lipinski definition) is 5. The Kier molecular flexibility index (Phi) is 10.7. The summed E-state index contributed by atoms with van der Waals surface area (Å²) in [6, 6.07) is 0. The van der Waals surface area contributed by atoms with Gasteiger partial charge in [-0.05, 0) is 25.9 Å². The van der Waals surface area contributed by atoms with Crippen molar-refractivity contribution in [3.63, 3.8) is 0 Å². The van der Waals surface area contributed by atoms with Crippen LogP contribution in [-0.4, -0.2) is 65.8 Å². The van der Waals surface area contributed by atoms with Gasteiger partial charge in [0.1, 0.15) is 0 Å². The lowest BCUT2D eigenvalue weighted by Crippen LogP contribution is -2.25. The van der Waals surface area contributed by atoms with Gasteiger partial charge in [-0.25, -0.2) is 0 Å². The normalized spacial score (nSPS) is 24.0. The summed E-state index contributed by atoms with van der Waals surface area (Å²) in [6.07, 6.45) is 2.13. The van der Waals surface area contributed by atoms with E-state index >= 15 is 0 Å². The molecule has 1 saturated heterocycles. The maximum absolute atomic E-state index is 5.49. The summed E-state index contributed by atoms with van der Waals surface area (Å²) in [7, 11) is 0. The molecule has 2 N–H and O–H groups in total. The molecule has 0 aromatic rings. The predicted molar refractivity (Wildman–Crippen MR) is 67.4 cm³/mol. The van der Waals surface area contributed by atoms with Crippen molar-refractivity contribution in [2.45, 2.75) is 12.8 Å². The highest BCUT2D eigenvalue weighted by Crippen LogP contribution is 1.85. The molecule has 0 unspecified atom stereocenters. The predicted octanol–water partition coefficient (Wildman–Crippen LogP) is 0.00920. The highest BCUT2D eigenvalue weighted by atomic mass is 16.5. The Morgan fingerprint density at radius 2 is 0.941 bits per heavy atom. The molecule has 17 heavy (non-hydrogen) atoms. The van der Waals surface area contributed by atoms with E-state index in [9.17, 15) is 0 Å². The molecule has 0 bridgehead atoms. The minimum Gasteiger partial charge on any atom is -0.380 e. The van der Waals surface area contributed by atoms with Crippen LogP contribution in [0.5, 0.6) is 0 Å². The second-order valence-electron chi connectivity index (χ2n) is 4.04. The van der Waals surface area contributed by atoms with Crippen molar-refractivity contribution in [2.24, 2.45) is 0 Å². The summed E-state index contributed by atoms with van der Waals surface area (Å²) >= 11 is 0. The van der Waals surface area contributed by atoms with Crippen LogP contribution < -0.4 is 10.6 Å². The van der Waals surface area contributed by atoms with Crippen LogP contribution in [0.25, 0.3) is 0 Å². The van der Waals surface area contributed by atoms with Crippen LogP contribution in [0.4, 0.5) is 0 Å². The lowest BCUT2D eigenvalue weighted by Gasteiger charge is -2.06. The minimum atomic E-state index is 0.686. The average molecular weight is 246 g/mol. The van der Waals surface area contributed by atoms with Crippen molar-refractivity contribution in [3.8, 4) is 0 Å². The van der Waals surface area contributed by atoms with Gasteiger partial charge >= 0.3 is 0 Å². The fourth-order valence-corrected chi connectivity index (χ4v) is 1.56. The Balaban J connectivity index is 2.01. The summed E-state index contributed by atoms with van der Waals surface area (Å²) in [6.45, 7) is 8.37. The molecule has 0 atom stereocenters. The van der Waals surface area contributed by atoms with E-state index in [0.29, 0.717) is 13.2 Å². The number of ether oxygens (including phenoxy) is 3. The van der Waals surface area contributed by atoms with E-state index in [1.807, 2.05) is 0 Å². The molecule has 1 rings (SSSR count). The van der Waals surface area contributed by atoms with E-state index in [4.69, 9.17) is 14.2 Å². The second-order valence-corrected chi connectivity index (χ2v) is 4.04. The Morgan fingerprint density at radius 3 is 1.59 bits per heavy atom. The maximum Gasteiger partial charge on any atom is 0.0701 e. The summed E-state index contributed by atoms with van der Waals surface area (Å²) in [5, 5.41) is 6.65. The fourth-order valence-electron chi connectivity index (χ4n) is 1.56. The molecule has 0 radical (unpaired) electrons. The Hall–Kier alpha value is -0.200. The molecule has 1 aliphatic rings. The zero-order valence-electron chi connectivity index (χ0n) is 10.7. The molecular weight excluding hydrogens is 220 g/mol. The van der Waals surface area contributed by atoms with E-state index in [1.165, 1.54) is 0 Å². The summed E-state index contributed by atoms with van der Waals surface area (Å²) in [4.78, 5) is 0. The van der Waals surface area contributed by atoms with Crippen LogP contribution in [0.2, 0.25) is 0 Å². The lowest BCUT2D eigenvalue weighted by molar-refractivity contribution is 0.0477. The van der Waals surface area contributed by atoms with Crippen molar-refractivity contribution >= 4 is 0 Å². The average Bonchev–Trinajstić information content (AvgIpc) is 2.35. The van der Waals surface area contributed by atoms with Crippen LogP contribution in [0, 0.1) is 0 Å². The lowest BCUT2D eigenvalue weighted by atomic mass is 10.4. The van der Waals surface area contributed by atoms with Crippen molar-refractivity contribution in [3.05, 3.63) is 0 Å². The van der Waals surface area contributed by atoms with E-state index in [-0.39, 0.29) is 0 Å². The van der Waals surface area contributed by atoms with Crippen molar-refractivity contribution in [1.29, 1.82) is 0 Å². The number of nitrogens with one attached hydrogen (secondary N) is 2. The molecule has 1 heterocycles. The first kappa shape index (κ1) is 14.9. The van der Waals surface area contributed by atoms with Gasteiger partial charge < -0.3 is 24.8 Å². The van der Waals surface area contributed by atoms with Crippen LogP contribution in [0.3, 0.4) is 0 Å². The maximum atomic E-state index is 5.49. The largest absolute Gasteiger partial charge is 0.380 e.